The second-order valence-electron chi connectivity index (χ2n) is 5.83. The summed E-state index contributed by atoms with van der Waals surface area (Å²) in [4.78, 5) is 7.33. The minimum Gasteiger partial charge on any atom is -0.453 e. The molecule has 28 heavy (non-hydrogen) atoms. The fourth-order valence-corrected chi connectivity index (χ4v) is 3.00. The molecule has 0 saturated heterocycles. The molecule has 4 rings (SSSR count). The second-order valence-corrected chi connectivity index (χ2v) is 6.18. The summed E-state index contributed by atoms with van der Waals surface area (Å²) in [5.74, 6) is 0.562. The normalized spacial score (nSPS) is 11.6. The van der Waals surface area contributed by atoms with E-state index >= 15 is 0 Å². The van der Waals surface area contributed by atoms with Gasteiger partial charge in [0, 0.05) is 5.56 Å². The van der Waals surface area contributed by atoms with E-state index in [0.717, 1.165) is 5.56 Å². The van der Waals surface area contributed by atoms with Gasteiger partial charge in [-0.1, -0.05) is 54.1 Å². The Bertz CT molecular complexity index is 1100. The monoisotopic (exact) mass is 404 g/mol. The smallest absolute Gasteiger partial charge is 0.453 e. The molecule has 0 bridgehead atoms. The van der Waals surface area contributed by atoms with Crippen LogP contribution in [0.4, 0.5) is 13.2 Å². The van der Waals surface area contributed by atoms with Gasteiger partial charge < -0.3 is 14.1 Å². The Kier molecular flexibility index (Phi) is 4.60. The van der Waals surface area contributed by atoms with Gasteiger partial charge in [0.1, 0.15) is 11.5 Å². The Hall–Kier alpha value is -3.19. The van der Waals surface area contributed by atoms with Gasteiger partial charge in [0.05, 0.1) is 11.3 Å². The Labute approximate surface area is 162 Å². The minimum absolute atomic E-state index is 0.173. The quantitative estimate of drug-likeness (QED) is 0.419. The molecule has 2 aromatic carbocycles. The number of aromatic nitrogens is 2. The number of rotatable bonds is 4. The zero-order valence-corrected chi connectivity index (χ0v) is 14.9. The topological polar surface area (TPSA) is 51.0 Å². The third-order valence-corrected chi connectivity index (χ3v) is 4.21. The Morgan fingerprint density at radius 1 is 0.893 bits per heavy atom. The molecule has 0 aliphatic rings. The first-order chi connectivity index (χ1) is 13.4. The number of alkyl halides is 3. The van der Waals surface area contributed by atoms with Gasteiger partial charge in [-0.3, -0.25) is 0 Å². The number of imidazole rings is 1. The Balaban J connectivity index is 1.68. The molecule has 0 saturated carbocycles. The predicted octanol–water partition coefficient (Wildman–Crippen LogP) is 6.56. The maximum absolute atomic E-state index is 12.6. The zero-order chi connectivity index (χ0) is 19.7. The zero-order valence-electron chi connectivity index (χ0n) is 14.1. The van der Waals surface area contributed by atoms with Crippen molar-refractivity contribution in [3.63, 3.8) is 0 Å². The fraction of sp³-hybridized carbons (Fsp3) is 0.0500. The van der Waals surface area contributed by atoms with Crippen molar-refractivity contribution in [3.8, 4) is 39.9 Å². The second kappa shape index (κ2) is 7.09. The molecule has 1 N–H and O–H groups in total. The molecular formula is C20H12ClF3N2O2. The van der Waals surface area contributed by atoms with Crippen LogP contribution in [0.25, 0.3) is 34.2 Å². The molecule has 0 radical (unpaired) electrons. The van der Waals surface area contributed by atoms with Crippen LogP contribution in [-0.4, -0.2) is 16.3 Å². The van der Waals surface area contributed by atoms with Crippen molar-refractivity contribution in [1.29, 1.82) is 0 Å². The lowest BCUT2D eigenvalue weighted by atomic mass is 10.1. The average molecular weight is 405 g/mol. The van der Waals surface area contributed by atoms with E-state index in [0.29, 0.717) is 17.3 Å². The highest BCUT2D eigenvalue weighted by atomic mass is 35.5. The van der Waals surface area contributed by atoms with Gasteiger partial charge in [0.15, 0.2) is 16.7 Å². The lowest BCUT2D eigenvalue weighted by molar-refractivity contribution is -0.274. The summed E-state index contributed by atoms with van der Waals surface area (Å²) in [5.41, 5.74) is 1.64. The molecule has 0 amide bonds. The number of hydrogen-bond donors (Lipinski definition) is 1. The molecule has 0 fully saturated rings. The summed E-state index contributed by atoms with van der Waals surface area (Å²) >= 11 is 6.22. The number of aromatic amines is 1. The molecule has 8 heteroatoms. The van der Waals surface area contributed by atoms with E-state index in [1.807, 2.05) is 30.3 Å². The number of halogens is 4. The number of hydrogen-bond acceptors (Lipinski definition) is 3. The van der Waals surface area contributed by atoms with Gasteiger partial charge in [-0.15, -0.1) is 13.2 Å². The number of H-pyrrole nitrogens is 1. The van der Waals surface area contributed by atoms with Crippen molar-refractivity contribution >= 4 is 11.6 Å². The number of benzene rings is 2. The molecule has 2 heterocycles. The van der Waals surface area contributed by atoms with Crippen molar-refractivity contribution in [3.05, 3.63) is 71.9 Å². The van der Waals surface area contributed by atoms with E-state index in [2.05, 4.69) is 14.7 Å². The summed E-state index contributed by atoms with van der Waals surface area (Å²) in [5, 5.41) is 0.264. The summed E-state index contributed by atoms with van der Waals surface area (Å²) in [7, 11) is 0. The first-order valence-electron chi connectivity index (χ1n) is 8.17. The fourth-order valence-electron chi connectivity index (χ4n) is 2.76. The first kappa shape index (κ1) is 18.2. The van der Waals surface area contributed by atoms with Gasteiger partial charge in [0.2, 0.25) is 0 Å². The largest absolute Gasteiger partial charge is 0.573 e. The lowest BCUT2D eigenvalue weighted by Gasteiger charge is -2.11. The molecule has 0 atom stereocenters. The maximum atomic E-state index is 12.6. The first-order valence-corrected chi connectivity index (χ1v) is 8.55. The number of furan rings is 1. The highest BCUT2D eigenvalue weighted by Gasteiger charge is 2.32. The van der Waals surface area contributed by atoms with Crippen molar-refractivity contribution in [2.75, 3.05) is 0 Å². The third-order valence-electron chi connectivity index (χ3n) is 3.94. The minimum atomic E-state index is -4.80. The van der Waals surface area contributed by atoms with E-state index in [1.165, 1.54) is 18.2 Å². The summed E-state index contributed by atoms with van der Waals surface area (Å²) in [6.45, 7) is 0. The molecule has 142 valence electrons. The molecule has 0 spiro atoms. The molecule has 4 nitrogen and oxygen atoms in total. The van der Waals surface area contributed by atoms with Gasteiger partial charge in [-0.25, -0.2) is 4.98 Å². The molecule has 0 unspecified atom stereocenters. The summed E-state index contributed by atoms with van der Waals surface area (Å²) in [6, 6.07) is 18.3. The van der Waals surface area contributed by atoms with E-state index in [4.69, 9.17) is 16.0 Å². The van der Waals surface area contributed by atoms with Gasteiger partial charge in [-0.05, 0) is 24.3 Å². The third kappa shape index (κ3) is 3.75. The van der Waals surface area contributed by atoms with E-state index in [9.17, 15) is 13.2 Å². The average Bonchev–Trinajstić information content (AvgIpc) is 3.28. The van der Waals surface area contributed by atoms with E-state index < -0.39 is 6.36 Å². The van der Waals surface area contributed by atoms with Crippen LogP contribution in [0.3, 0.4) is 0 Å². The van der Waals surface area contributed by atoms with Crippen LogP contribution in [0.15, 0.2) is 71.1 Å². The van der Waals surface area contributed by atoms with E-state index in [1.54, 1.807) is 18.2 Å². The Morgan fingerprint density at radius 3 is 2.32 bits per heavy atom. The standard InChI is InChI=1S/C20H12ClF3N2O2/c21-18-17(12-6-2-1-3-7-12)25-19(26-18)16-11-10-14(27-16)13-8-4-5-9-15(13)28-20(22,23)24/h1-11H,(H,25,26). The van der Waals surface area contributed by atoms with Gasteiger partial charge in [-0.2, -0.15) is 0 Å². The van der Waals surface area contributed by atoms with Crippen molar-refractivity contribution in [2.45, 2.75) is 6.36 Å². The molecule has 4 aromatic rings. The number of nitrogens with zero attached hydrogens (tertiary/aromatic N) is 1. The SMILES string of the molecule is FC(F)(F)Oc1ccccc1-c1ccc(-c2nc(Cl)c(-c3ccccc3)[nH]2)o1. The van der Waals surface area contributed by atoms with Crippen LogP contribution in [0.1, 0.15) is 0 Å². The van der Waals surface area contributed by atoms with Crippen molar-refractivity contribution < 1.29 is 22.3 Å². The van der Waals surface area contributed by atoms with Crippen molar-refractivity contribution in [2.24, 2.45) is 0 Å². The van der Waals surface area contributed by atoms with Crippen LogP contribution in [0, 0.1) is 0 Å². The lowest BCUT2D eigenvalue weighted by Crippen LogP contribution is -2.17. The summed E-state index contributed by atoms with van der Waals surface area (Å²) in [6.07, 6.45) is -4.80. The van der Waals surface area contributed by atoms with Gasteiger partial charge in [0.25, 0.3) is 0 Å². The molecule has 0 aliphatic heterocycles. The highest BCUT2D eigenvalue weighted by Crippen LogP contribution is 2.37. The maximum Gasteiger partial charge on any atom is 0.573 e. The van der Waals surface area contributed by atoms with Crippen LogP contribution < -0.4 is 4.74 Å². The molecule has 2 aromatic heterocycles. The van der Waals surface area contributed by atoms with Gasteiger partial charge >= 0.3 is 6.36 Å². The number of para-hydroxylation sites is 1. The summed E-state index contributed by atoms with van der Waals surface area (Å²) < 4.78 is 47.7. The highest BCUT2D eigenvalue weighted by molar-refractivity contribution is 6.32. The van der Waals surface area contributed by atoms with Crippen LogP contribution in [-0.2, 0) is 0 Å². The predicted molar refractivity (Wildman–Crippen MR) is 98.9 cm³/mol. The number of ether oxygens (including phenoxy) is 1. The molecule has 0 aliphatic carbocycles. The molecular weight excluding hydrogens is 393 g/mol. The van der Waals surface area contributed by atoms with E-state index in [-0.39, 0.29) is 22.2 Å². The Morgan fingerprint density at radius 2 is 1.57 bits per heavy atom. The van der Waals surface area contributed by atoms with Crippen LogP contribution >= 0.6 is 11.6 Å². The van der Waals surface area contributed by atoms with Crippen LogP contribution in [0.5, 0.6) is 5.75 Å². The van der Waals surface area contributed by atoms with Crippen molar-refractivity contribution in [1.82, 2.24) is 9.97 Å². The van der Waals surface area contributed by atoms with Crippen LogP contribution in [0.2, 0.25) is 5.15 Å². The number of nitrogens with one attached hydrogen (secondary N) is 1.